The average Bonchev–Trinajstić information content (AvgIpc) is 2.39. The maximum Gasteiger partial charge on any atom is 0.224 e. The summed E-state index contributed by atoms with van der Waals surface area (Å²) in [4.78, 5) is 11.3. The molecule has 0 aliphatic rings. The summed E-state index contributed by atoms with van der Waals surface area (Å²) in [7, 11) is 0. The highest BCUT2D eigenvalue weighted by Crippen LogP contribution is 2.25. The van der Waals surface area contributed by atoms with Gasteiger partial charge in [-0.25, -0.2) is 0 Å². The van der Waals surface area contributed by atoms with Gasteiger partial charge in [-0.2, -0.15) is 0 Å². The first-order chi connectivity index (χ1) is 9.56. The van der Waals surface area contributed by atoms with E-state index in [1.54, 1.807) is 18.2 Å². The molecule has 5 heteroatoms. The van der Waals surface area contributed by atoms with E-state index in [1.807, 2.05) is 31.2 Å². The third-order valence-corrected chi connectivity index (χ3v) is 3.08. The molecule has 0 saturated heterocycles. The molecular formula is C15H14Cl2N2O. The second-order valence-corrected chi connectivity index (χ2v) is 5.14. The number of nitrogens with one attached hydrogen (secondary N) is 2. The minimum Gasteiger partial charge on any atom is -0.355 e. The van der Waals surface area contributed by atoms with E-state index >= 15 is 0 Å². The highest BCUT2D eigenvalue weighted by Gasteiger charge is 2.01. The van der Waals surface area contributed by atoms with Crippen LogP contribution in [0.3, 0.4) is 0 Å². The summed E-state index contributed by atoms with van der Waals surface area (Å²) in [6, 6.07) is 12.7. The Hall–Kier alpha value is -1.71. The fraction of sp³-hybridized carbons (Fsp3) is 0.133. The van der Waals surface area contributed by atoms with Gasteiger partial charge in [0.2, 0.25) is 5.91 Å². The number of hydrogen-bond acceptors (Lipinski definition) is 2. The zero-order chi connectivity index (χ0) is 14.5. The van der Waals surface area contributed by atoms with Crippen LogP contribution in [0.4, 0.5) is 17.1 Å². The summed E-state index contributed by atoms with van der Waals surface area (Å²) in [6.07, 6.45) is 0.459. The number of hydrogen-bond donors (Lipinski definition) is 2. The Labute approximate surface area is 127 Å². The predicted molar refractivity (Wildman–Crippen MR) is 85.1 cm³/mol. The Morgan fingerprint density at radius 3 is 2.05 bits per heavy atom. The lowest BCUT2D eigenvalue weighted by Crippen LogP contribution is -2.09. The smallest absolute Gasteiger partial charge is 0.224 e. The van der Waals surface area contributed by atoms with Crippen molar-refractivity contribution in [3.8, 4) is 0 Å². The molecule has 0 saturated carbocycles. The van der Waals surface area contributed by atoms with Gasteiger partial charge in [0.15, 0.2) is 0 Å². The Balaban J connectivity index is 2.08. The molecule has 104 valence electrons. The second-order valence-electron chi connectivity index (χ2n) is 4.26. The van der Waals surface area contributed by atoms with E-state index in [0.29, 0.717) is 16.5 Å². The standard InChI is InChI=1S/C15H14Cl2N2O/c1-2-15(20)19-13-5-3-12(4-6-13)18-14-8-10(16)7-11(17)9-14/h3-9,18H,2H2,1H3,(H,19,20). The third-order valence-electron chi connectivity index (χ3n) is 2.64. The van der Waals surface area contributed by atoms with Crippen LogP contribution in [0.25, 0.3) is 0 Å². The number of rotatable bonds is 4. The van der Waals surface area contributed by atoms with E-state index in [1.165, 1.54) is 0 Å². The normalized spacial score (nSPS) is 10.2. The van der Waals surface area contributed by atoms with Crippen molar-refractivity contribution in [3.63, 3.8) is 0 Å². The third kappa shape index (κ3) is 4.15. The summed E-state index contributed by atoms with van der Waals surface area (Å²) in [5.74, 6) is -0.00710. The van der Waals surface area contributed by atoms with Crippen molar-refractivity contribution in [3.05, 3.63) is 52.5 Å². The van der Waals surface area contributed by atoms with Crippen LogP contribution < -0.4 is 10.6 Å². The first-order valence-corrected chi connectivity index (χ1v) is 6.95. The number of carbonyl (C=O) groups is 1. The van der Waals surface area contributed by atoms with Crippen LogP contribution >= 0.6 is 23.2 Å². The van der Waals surface area contributed by atoms with Crippen molar-refractivity contribution in [1.82, 2.24) is 0 Å². The second kappa shape index (κ2) is 6.64. The van der Waals surface area contributed by atoms with Crippen LogP contribution in [0.5, 0.6) is 0 Å². The molecule has 0 atom stereocenters. The molecule has 3 nitrogen and oxygen atoms in total. The predicted octanol–water partition coefficient (Wildman–Crippen LogP) is 5.09. The van der Waals surface area contributed by atoms with Crippen molar-refractivity contribution in [1.29, 1.82) is 0 Å². The molecule has 1 amide bonds. The van der Waals surface area contributed by atoms with Gasteiger partial charge >= 0.3 is 0 Å². The first-order valence-electron chi connectivity index (χ1n) is 6.20. The first kappa shape index (κ1) is 14.7. The minimum atomic E-state index is -0.00710. The molecule has 0 aliphatic heterocycles. The van der Waals surface area contributed by atoms with E-state index < -0.39 is 0 Å². The number of benzene rings is 2. The monoisotopic (exact) mass is 308 g/mol. The molecule has 0 spiro atoms. The lowest BCUT2D eigenvalue weighted by Gasteiger charge is -2.09. The van der Waals surface area contributed by atoms with Gasteiger partial charge in [0.25, 0.3) is 0 Å². The SMILES string of the molecule is CCC(=O)Nc1ccc(Nc2cc(Cl)cc(Cl)c2)cc1. The lowest BCUT2D eigenvalue weighted by molar-refractivity contribution is -0.115. The van der Waals surface area contributed by atoms with Gasteiger partial charge < -0.3 is 10.6 Å². The summed E-state index contributed by atoms with van der Waals surface area (Å²) < 4.78 is 0. The van der Waals surface area contributed by atoms with Crippen molar-refractivity contribution in [2.24, 2.45) is 0 Å². The van der Waals surface area contributed by atoms with Crippen LogP contribution in [0.15, 0.2) is 42.5 Å². The van der Waals surface area contributed by atoms with E-state index in [0.717, 1.165) is 17.1 Å². The van der Waals surface area contributed by atoms with Crippen LogP contribution in [0.2, 0.25) is 10.0 Å². The molecule has 0 bridgehead atoms. The number of halogens is 2. The highest BCUT2D eigenvalue weighted by atomic mass is 35.5. The molecule has 20 heavy (non-hydrogen) atoms. The fourth-order valence-corrected chi connectivity index (χ4v) is 2.20. The van der Waals surface area contributed by atoms with Gasteiger partial charge in [0.05, 0.1) is 0 Å². The zero-order valence-corrected chi connectivity index (χ0v) is 12.4. The van der Waals surface area contributed by atoms with Gasteiger partial charge in [-0.15, -0.1) is 0 Å². The Kier molecular flexibility index (Phi) is 4.88. The molecule has 0 radical (unpaired) electrons. The molecular weight excluding hydrogens is 295 g/mol. The Morgan fingerprint density at radius 2 is 1.50 bits per heavy atom. The van der Waals surface area contributed by atoms with Gasteiger partial charge in [-0.3, -0.25) is 4.79 Å². The van der Waals surface area contributed by atoms with Crippen molar-refractivity contribution < 1.29 is 4.79 Å². The molecule has 2 N–H and O–H groups in total. The van der Waals surface area contributed by atoms with Gasteiger partial charge in [0, 0.05) is 33.5 Å². The summed E-state index contributed by atoms with van der Waals surface area (Å²) >= 11 is 11.9. The van der Waals surface area contributed by atoms with E-state index in [-0.39, 0.29) is 5.91 Å². The average molecular weight is 309 g/mol. The van der Waals surface area contributed by atoms with E-state index in [4.69, 9.17) is 23.2 Å². The molecule has 0 unspecified atom stereocenters. The number of carbonyl (C=O) groups excluding carboxylic acids is 1. The maximum atomic E-state index is 11.3. The molecule has 2 aromatic rings. The molecule has 0 fully saturated rings. The van der Waals surface area contributed by atoms with Crippen molar-refractivity contribution in [2.75, 3.05) is 10.6 Å². The molecule has 0 aliphatic carbocycles. The summed E-state index contributed by atoms with van der Waals surface area (Å²) in [5.41, 5.74) is 2.47. The summed E-state index contributed by atoms with van der Waals surface area (Å²) in [5, 5.41) is 7.14. The van der Waals surface area contributed by atoms with Crippen molar-refractivity contribution in [2.45, 2.75) is 13.3 Å². The molecule has 0 aromatic heterocycles. The zero-order valence-electron chi connectivity index (χ0n) is 10.9. The van der Waals surface area contributed by atoms with Gasteiger partial charge in [0.1, 0.15) is 0 Å². The molecule has 2 rings (SSSR count). The highest BCUT2D eigenvalue weighted by molar-refractivity contribution is 6.35. The Bertz CT molecular complexity index is 592. The lowest BCUT2D eigenvalue weighted by atomic mass is 10.2. The number of amides is 1. The van der Waals surface area contributed by atoms with Crippen molar-refractivity contribution >= 4 is 46.2 Å². The van der Waals surface area contributed by atoms with Crippen LogP contribution in [0, 0.1) is 0 Å². The minimum absolute atomic E-state index is 0.00710. The van der Waals surface area contributed by atoms with Gasteiger partial charge in [-0.1, -0.05) is 30.1 Å². The Morgan fingerprint density at radius 1 is 0.950 bits per heavy atom. The topological polar surface area (TPSA) is 41.1 Å². The molecule has 0 heterocycles. The summed E-state index contributed by atoms with van der Waals surface area (Å²) in [6.45, 7) is 1.81. The van der Waals surface area contributed by atoms with Gasteiger partial charge in [-0.05, 0) is 42.5 Å². The fourth-order valence-electron chi connectivity index (χ4n) is 1.68. The largest absolute Gasteiger partial charge is 0.355 e. The number of anilines is 3. The quantitative estimate of drug-likeness (QED) is 0.826. The maximum absolute atomic E-state index is 11.3. The van der Waals surface area contributed by atoms with E-state index in [2.05, 4.69) is 10.6 Å². The van der Waals surface area contributed by atoms with Crippen LogP contribution in [-0.4, -0.2) is 5.91 Å². The molecule has 2 aromatic carbocycles. The van der Waals surface area contributed by atoms with E-state index in [9.17, 15) is 4.79 Å². The van der Waals surface area contributed by atoms with Crippen LogP contribution in [0.1, 0.15) is 13.3 Å². The van der Waals surface area contributed by atoms with Crippen LogP contribution in [-0.2, 0) is 4.79 Å².